The van der Waals surface area contributed by atoms with Gasteiger partial charge in [-0.1, -0.05) is 34.1 Å². The Balaban J connectivity index is 4.24. The second kappa shape index (κ2) is 4.26. The Morgan fingerprint density at radius 2 is 1.67 bits per heavy atom. The monoisotopic (exact) mass is 192 g/mol. The van der Waals surface area contributed by atoms with Crippen molar-refractivity contribution < 1.29 is 8.42 Å². The van der Waals surface area contributed by atoms with Gasteiger partial charge in [-0.15, -0.1) is 0 Å². The maximum Gasteiger partial charge on any atom is 0.150 e. The largest absolute Gasteiger partial charge is 0.229 e. The lowest BCUT2D eigenvalue weighted by Crippen LogP contribution is -2.24. The summed E-state index contributed by atoms with van der Waals surface area (Å²) < 4.78 is 22.6. The van der Waals surface area contributed by atoms with Gasteiger partial charge in [0.1, 0.15) is 0 Å². The molecule has 0 saturated carbocycles. The highest BCUT2D eigenvalue weighted by Crippen LogP contribution is 2.24. The molecule has 0 unspecified atom stereocenters. The third kappa shape index (κ3) is 4.75. The number of rotatable bonds is 5. The van der Waals surface area contributed by atoms with E-state index in [0.717, 1.165) is 12.8 Å². The molecular weight excluding hydrogens is 172 g/mol. The molecule has 0 aliphatic carbocycles. The first-order chi connectivity index (χ1) is 5.33. The minimum Gasteiger partial charge on any atom is -0.229 e. The summed E-state index contributed by atoms with van der Waals surface area (Å²) in [5, 5.41) is 0. The molecule has 74 valence electrons. The molecule has 0 rings (SSSR count). The fraction of sp³-hybridized carbons (Fsp3) is 1.00. The molecule has 0 heterocycles. The van der Waals surface area contributed by atoms with Crippen molar-refractivity contribution in [2.24, 2.45) is 5.41 Å². The molecule has 0 saturated heterocycles. The van der Waals surface area contributed by atoms with Crippen LogP contribution in [0.15, 0.2) is 0 Å². The summed E-state index contributed by atoms with van der Waals surface area (Å²) in [7, 11) is -2.80. The third-order valence-electron chi connectivity index (χ3n) is 1.98. The molecule has 0 amide bonds. The first-order valence-corrected chi connectivity index (χ1v) is 6.35. The third-order valence-corrected chi connectivity index (χ3v) is 4.08. The standard InChI is InChI=1S/C9H20O2S/c1-5-7-9(3,4)8-12(10,11)6-2/h5-8H2,1-4H3. The molecule has 0 aromatic carbocycles. The summed E-state index contributed by atoms with van der Waals surface area (Å²) in [5.74, 6) is 0.588. The first-order valence-electron chi connectivity index (χ1n) is 4.53. The highest BCUT2D eigenvalue weighted by molar-refractivity contribution is 7.91. The van der Waals surface area contributed by atoms with E-state index in [-0.39, 0.29) is 11.2 Å². The van der Waals surface area contributed by atoms with Gasteiger partial charge in [0.05, 0.1) is 5.75 Å². The van der Waals surface area contributed by atoms with E-state index in [9.17, 15) is 8.42 Å². The van der Waals surface area contributed by atoms with Gasteiger partial charge in [-0.2, -0.15) is 0 Å². The van der Waals surface area contributed by atoms with E-state index >= 15 is 0 Å². The minimum absolute atomic E-state index is 0.0520. The van der Waals surface area contributed by atoms with Gasteiger partial charge in [0, 0.05) is 5.75 Å². The Labute approximate surface area is 76.3 Å². The van der Waals surface area contributed by atoms with Crippen LogP contribution in [0.4, 0.5) is 0 Å². The smallest absolute Gasteiger partial charge is 0.150 e. The molecule has 0 aliphatic rings. The lowest BCUT2D eigenvalue weighted by atomic mass is 9.91. The van der Waals surface area contributed by atoms with Crippen molar-refractivity contribution >= 4 is 9.84 Å². The second-order valence-electron chi connectivity index (χ2n) is 4.09. The Morgan fingerprint density at radius 3 is 2.00 bits per heavy atom. The van der Waals surface area contributed by atoms with Crippen molar-refractivity contribution in [3.8, 4) is 0 Å². The quantitative estimate of drug-likeness (QED) is 0.669. The van der Waals surface area contributed by atoms with Crippen molar-refractivity contribution in [2.45, 2.75) is 40.5 Å². The lowest BCUT2D eigenvalue weighted by Gasteiger charge is -2.22. The second-order valence-corrected chi connectivity index (χ2v) is 6.44. The van der Waals surface area contributed by atoms with E-state index in [0.29, 0.717) is 5.75 Å². The van der Waals surface area contributed by atoms with Gasteiger partial charge < -0.3 is 0 Å². The molecule has 0 aromatic heterocycles. The molecule has 12 heavy (non-hydrogen) atoms. The first kappa shape index (κ1) is 11.9. The summed E-state index contributed by atoms with van der Waals surface area (Å²) >= 11 is 0. The van der Waals surface area contributed by atoms with Crippen molar-refractivity contribution in [3.63, 3.8) is 0 Å². The molecular formula is C9H20O2S. The maximum absolute atomic E-state index is 11.3. The van der Waals surface area contributed by atoms with Gasteiger partial charge in [-0.3, -0.25) is 0 Å². The van der Waals surface area contributed by atoms with Gasteiger partial charge in [0.25, 0.3) is 0 Å². The fourth-order valence-electron chi connectivity index (χ4n) is 1.45. The van der Waals surface area contributed by atoms with E-state index < -0.39 is 9.84 Å². The summed E-state index contributed by atoms with van der Waals surface area (Å²) in [4.78, 5) is 0. The number of hydrogen-bond acceptors (Lipinski definition) is 2. The average molecular weight is 192 g/mol. The highest BCUT2D eigenvalue weighted by atomic mass is 32.2. The molecule has 0 spiro atoms. The zero-order chi connectivity index (χ0) is 9.83. The van der Waals surface area contributed by atoms with E-state index in [4.69, 9.17) is 0 Å². The van der Waals surface area contributed by atoms with Crippen LogP contribution in [-0.4, -0.2) is 19.9 Å². The van der Waals surface area contributed by atoms with Crippen LogP contribution in [0.1, 0.15) is 40.5 Å². The Bertz CT molecular complexity index is 215. The predicted molar refractivity (Wildman–Crippen MR) is 53.0 cm³/mol. The Morgan fingerprint density at radius 1 is 1.17 bits per heavy atom. The van der Waals surface area contributed by atoms with Gasteiger partial charge >= 0.3 is 0 Å². The van der Waals surface area contributed by atoms with Gasteiger partial charge in [0.15, 0.2) is 9.84 Å². The van der Waals surface area contributed by atoms with E-state index in [2.05, 4.69) is 6.92 Å². The fourth-order valence-corrected chi connectivity index (χ4v) is 2.99. The molecule has 3 heteroatoms. The molecule has 0 aromatic rings. The van der Waals surface area contributed by atoms with Crippen LogP contribution in [0.2, 0.25) is 0 Å². The van der Waals surface area contributed by atoms with Crippen LogP contribution in [-0.2, 0) is 9.84 Å². The van der Waals surface area contributed by atoms with Crippen LogP contribution in [0, 0.1) is 5.41 Å². The Hall–Kier alpha value is -0.0500. The summed E-state index contributed by atoms with van der Waals surface area (Å²) in [6.07, 6.45) is 2.03. The molecule has 2 nitrogen and oxygen atoms in total. The summed E-state index contributed by atoms with van der Waals surface area (Å²) in [5.41, 5.74) is -0.0520. The van der Waals surface area contributed by atoms with E-state index in [1.165, 1.54) is 0 Å². The number of sulfone groups is 1. The molecule has 0 atom stereocenters. The molecule has 0 bridgehead atoms. The number of hydrogen-bond donors (Lipinski definition) is 0. The molecule has 0 radical (unpaired) electrons. The predicted octanol–water partition coefficient (Wildman–Crippen LogP) is 2.25. The van der Waals surface area contributed by atoms with Crippen LogP contribution in [0.3, 0.4) is 0 Å². The molecule has 0 aliphatic heterocycles. The van der Waals surface area contributed by atoms with Gasteiger partial charge in [-0.05, 0) is 11.8 Å². The van der Waals surface area contributed by atoms with Crippen molar-refractivity contribution in [2.75, 3.05) is 11.5 Å². The molecule has 0 fully saturated rings. The van der Waals surface area contributed by atoms with Crippen LogP contribution in [0.25, 0.3) is 0 Å². The van der Waals surface area contributed by atoms with Crippen molar-refractivity contribution in [1.29, 1.82) is 0 Å². The van der Waals surface area contributed by atoms with Crippen molar-refractivity contribution in [1.82, 2.24) is 0 Å². The zero-order valence-electron chi connectivity index (χ0n) is 8.55. The Kier molecular flexibility index (Phi) is 4.24. The summed E-state index contributed by atoms with van der Waals surface area (Å²) in [6, 6.07) is 0. The summed E-state index contributed by atoms with van der Waals surface area (Å²) in [6.45, 7) is 7.82. The normalized spacial score (nSPS) is 13.3. The van der Waals surface area contributed by atoms with Gasteiger partial charge in [-0.25, -0.2) is 8.42 Å². The maximum atomic E-state index is 11.3. The topological polar surface area (TPSA) is 34.1 Å². The van der Waals surface area contributed by atoms with Crippen LogP contribution in [0.5, 0.6) is 0 Å². The zero-order valence-corrected chi connectivity index (χ0v) is 9.37. The SMILES string of the molecule is CCCC(C)(C)CS(=O)(=O)CC. The van der Waals surface area contributed by atoms with Crippen molar-refractivity contribution in [3.05, 3.63) is 0 Å². The molecule has 0 N–H and O–H groups in total. The van der Waals surface area contributed by atoms with E-state index in [1.807, 2.05) is 13.8 Å². The average Bonchev–Trinajstić information content (AvgIpc) is 1.85. The van der Waals surface area contributed by atoms with Crippen LogP contribution < -0.4 is 0 Å². The minimum atomic E-state index is -2.80. The lowest BCUT2D eigenvalue weighted by molar-refractivity contribution is 0.373. The van der Waals surface area contributed by atoms with E-state index in [1.54, 1.807) is 6.92 Å². The van der Waals surface area contributed by atoms with Crippen LogP contribution >= 0.6 is 0 Å². The van der Waals surface area contributed by atoms with Gasteiger partial charge in [0.2, 0.25) is 0 Å². The highest BCUT2D eigenvalue weighted by Gasteiger charge is 2.23.